The van der Waals surface area contributed by atoms with Crippen LogP contribution in [0.4, 0.5) is 0 Å². The van der Waals surface area contributed by atoms with Crippen LogP contribution in [0.15, 0.2) is 0 Å². The molecule has 21 heavy (non-hydrogen) atoms. The zero-order valence-electron chi connectivity index (χ0n) is 13.0. The van der Waals surface area contributed by atoms with Gasteiger partial charge < -0.3 is 5.32 Å². The van der Waals surface area contributed by atoms with Gasteiger partial charge in [0.25, 0.3) is 10.2 Å². The van der Waals surface area contributed by atoms with Gasteiger partial charge >= 0.3 is 0 Å². The molecule has 124 valence electrons. The maximum absolute atomic E-state index is 12.4. The topological polar surface area (TPSA) is 61.4 Å². The van der Waals surface area contributed by atoms with Gasteiger partial charge in [-0.1, -0.05) is 6.92 Å². The molecule has 0 amide bonds. The molecule has 0 aromatic carbocycles. The van der Waals surface area contributed by atoms with E-state index in [2.05, 4.69) is 17.0 Å². The lowest BCUT2D eigenvalue weighted by molar-refractivity contribution is 0.264. The Morgan fingerprint density at radius 3 is 2.62 bits per heavy atom. The summed E-state index contributed by atoms with van der Waals surface area (Å²) in [7, 11) is -3.28. The van der Waals surface area contributed by atoms with Crippen molar-refractivity contribution in [2.75, 3.05) is 37.7 Å². The number of piperidine rings is 1. The van der Waals surface area contributed by atoms with Crippen LogP contribution in [0.5, 0.6) is 0 Å². The first-order valence-electron chi connectivity index (χ1n) is 8.17. The van der Waals surface area contributed by atoms with E-state index in [9.17, 15) is 8.42 Å². The van der Waals surface area contributed by atoms with Gasteiger partial charge in [-0.15, -0.1) is 0 Å². The van der Waals surface area contributed by atoms with Crippen molar-refractivity contribution >= 4 is 22.0 Å². The van der Waals surface area contributed by atoms with Crippen LogP contribution in [0.3, 0.4) is 0 Å². The van der Waals surface area contributed by atoms with Crippen molar-refractivity contribution in [3.8, 4) is 0 Å². The first kappa shape index (κ1) is 17.5. The van der Waals surface area contributed by atoms with Crippen molar-refractivity contribution in [1.82, 2.24) is 14.3 Å². The minimum atomic E-state index is -3.28. The Balaban J connectivity index is 1.74. The summed E-state index contributed by atoms with van der Waals surface area (Å²) >= 11 is 1.85. The van der Waals surface area contributed by atoms with Crippen LogP contribution in [0.25, 0.3) is 0 Å². The first-order chi connectivity index (χ1) is 10.1. The zero-order valence-corrected chi connectivity index (χ0v) is 14.6. The van der Waals surface area contributed by atoms with Crippen molar-refractivity contribution in [2.24, 2.45) is 5.92 Å². The summed E-state index contributed by atoms with van der Waals surface area (Å²) < 4.78 is 29.4. The molecule has 0 spiro atoms. The van der Waals surface area contributed by atoms with Gasteiger partial charge in [0.2, 0.25) is 0 Å². The monoisotopic (exact) mass is 335 g/mol. The van der Waals surface area contributed by atoms with E-state index in [1.165, 1.54) is 0 Å². The summed E-state index contributed by atoms with van der Waals surface area (Å²) in [6, 6.07) is 0.123. The molecule has 0 aliphatic carbocycles. The Hall–Kier alpha value is 0.180. The SMILES string of the molecule is CCCNCC1CCN(S(=O)(=O)NC2CCCSC2)CC1. The van der Waals surface area contributed by atoms with E-state index in [1.54, 1.807) is 4.31 Å². The number of hydrogen-bond donors (Lipinski definition) is 2. The summed E-state index contributed by atoms with van der Waals surface area (Å²) in [6.07, 6.45) is 5.18. The fourth-order valence-corrected chi connectivity index (χ4v) is 5.60. The van der Waals surface area contributed by atoms with Crippen molar-refractivity contribution in [3.63, 3.8) is 0 Å². The highest BCUT2D eigenvalue weighted by atomic mass is 32.2. The predicted octanol–water partition coefficient (Wildman–Crippen LogP) is 1.43. The normalized spacial score (nSPS) is 26.0. The first-order valence-corrected chi connectivity index (χ1v) is 10.8. The maximum atomic E-state index is 12.4. The number of rotatable bonds is 7. The predicted molar refractivity (Wildman–Crippen MR) is 89.9 cm³/mol. The number of nitrogens with one attached hydrogen (secondary N) is 2. The second-order valence-corrected chi connectivity index (χ2v) is 8.94. The largest absolute Gasteiger partial charge is 0.316 e. The molecule has 2 rings (SSSR count). The van der Waals surface area contributed by atoms with E-state index in [-0.39, 0.29) is 6.04 Å². The molecule has 0 aromatic heterocycles. The van der Waals surface area contributed by atoms with Gasteiger partial charge in [0.15, 0.2) is 0 Å². The molecule has 2 N–H and O–H groups in total. The van der Waals surface area contributed by atoms with Crippen LogP contribution in [0, 0.1) is 5.92 Å². The number of thioether (sulfide) groups is 1. The van der Waals surface area contributed by atoms with Gasteiger partial charge in [0.1, 0.15) is 0 Å². The van der Waals surface area contributed by atoms with Crippen molar-refractivity contribution in [2.45, 2.75) is 45.1 Å². The molecular formula is C14H29N3O2S2. The van der Waals surface area contributed by atoms with E-state index >= 15 is 0 Å². The van der Waals surface area contributed by atoms with Gasteiger partial charge in [-0.25, -0.2) is 0 Å². The summed E-state index contributed by atoms with van der Waals surface area (Å²) in [6.45, 7) is 5.56. The zero-order chi connectivity index (χ0) is 15.1. The Kier molecular flexibility index (Phi) is 7.28. The molecule has 1 unspecified atom stereocenters. The van der Waals surface area contributed by atoms with Crippen LogP contribution in [0.2, 0.25) is 0 Å². The van der Waals surface area contributed by atoms with E-state index in [0.717, 1.165) is 56.7 Å². The van der Waals surface area contributed by atoms with Gasteiger partial charge in [0, 0.05) is 24.9 Å². The van der Waals surface area contributed by atoms with Gasteiger partial charge in [-0.2, -0.15) is 29.2 Å². The van der Waals surface area contributed by atoms with Crippen molar-refractivity contribution in [3.05, 3.63) is 0 Å². The van der Waals surface area contributed by atoms with E-state index in [4.69, 9.17) is 0 Å². The molecule has 7 heteroatoms. The molecular weight excluding hydrogens is 306 g/mol. The summed E-state index contributed by atoms with van der Waals surface area (Å²) in [5.41, 5.74) is 0. The smallest absolute Gasteiger partial charge is 0.279 e. The quantitative estimate of drug-likeness (QED) is 0.691. The second kappa shape index (κ2) is 8.72. The van der Waals surface area contributed by atoms with Gasteiger partial charge in [-0.3, -0.25) is 0 Å². The summed E-state index contributed by atoms with van der Waals surface area (Å²) in [5, 5.41) is 3.44. The molecule has 0 aromatic rings. The van der Waals surface area contributed by atoms with Crippen LogP contribution in [0.1, 0.15) is 39.0 Å². The fraction of sp³-hybridized carbons (Fsp3) is 1.00. The summed E-state index contributed by atoms with van der Waals surface area (Å²) in [4.78, 5) is 0. The Labute approximate surface area is 133 Å². The molecule has 5 nitrogen and oxygen atoms in total. The van der Waals surface area contributed by atoms with E-state index < -0.39 is 10.2 Å². The Morgan fingerprint density at radius 1 is 1.24 bits per heavy atom. The molecule has 2 saturated heterocycles. The second-order valence-electron chi connectivity index (χ2n) is 6.08. The highest BCUT2D eigenvalue weighted by Crippen LogP contribution is 2.21. The van der Waals surface area contributed by atoms with Crippen molar-refractivity contribution in [1.29, 1.82) is 0 Å². The highest BCUT2D eigenvalue weighted by molar-refractivity contribution is 7.99. The average Bonchev–Trinajstić information content (AvgIpc) is 2.49. The van der Waals surface area contributed by atoms with Gasteiger partial charge in [0.05, 0.1) is 0 Å². The molecule has 2 heterocycles. The Bertz CT molecular complexity index is 389. The number of hydrogen-bond acceptors (Lipinski definition) is 4. The lowest BCUT2D eigenvalue weighted by atomic mass is 9.98. The standard InChI is InChI=1S/C14H29N3O2S2/c1-2-7-15-11-13-5-8-17(9-6-13)21(18,19)16-14-4-3-10-20-12-14/h13-16H,2-12H2,1H3. The van der Waals surface area contributed by atoms with Crippen molar-refractivity contribution < 1.29 is 8.42 Å². The van der Waals surface area contributed by atoms with Crippen LogP contribution < -0.4 is 10.0 Å². The lowest BCUT2D eigenvalue weighted by Crippen LogP contribution is -2.50. The molecule has 1 atom stereocenters. The van der Waals surface area contributed by atoms with E-state index in [1.807, 2.05) is 11.8 Å². The third-order valence-electron chi connectivity index (χ3n) is 4.25. The maximum Gasteiger partial charge on any atom is 0.279 e. The van der Waals surface area contributed by atoms with Crippen LogP contribution in [-0.4, -0.2) is 56.4 Å². The average molecular weight is 336 g/mol. The highest BCUT2D eigenvalue weighted by Gasteiger charge is 2.30. The molecule has 0 radical (unpaired) electrons. The molecule has 0 saturated carbocycles. The van der Waals surface area contributed by atoms with Crippen LogP contribution >= 0.6 is 11.8 Å². The van der Waals surface area contributed by atoms with Gasteiger partial charge in [-0.05, 0) is 56.9 Å². The minimum Gasteiger partial charge on any atom is -0.316 e. The molecule has 0 bridgehead atoms. The Morgan fingerprint density at radius 2 is 2.00 bits per heavy atom. The lowest BCUT2D eigenvalue weighted by Gasteiger charge is -2.33. The number of nitrogens with zero attached hydrogens (tertiary/aromatic N) is 1. The molecule has 2 aliphatic heterocycles. The minimum absolute atomic E-state index is 0.123. The molecule has 2 aliphatic rings. The van der Waals surface area contributed by atoms with E-state index in [0.29, 0.717) is 19.0 Å². The summed E-state index contributed by atoms with van der Waals surface area (Å²) in [5.74, 6) is 2.69. The third-order valence-corrected chi connectivity index (χ3v) is 7.14. The third kappa shape index (κ3) is 5.71. The van der Waals surface area contributed by atoms with Crippen LogP contribution in [-0.2, 0) is 10.2 Å². The fourth-order valence-electron chi connectivity index (χ4n) is 2.96. The molecule has 2 fully saturated rings.